The maximum atomic E-state index is 12.8. The fourth-order valence-electron chi connectivity index (χ4n) is 4.50. The molecule has 0 spiro atoms. The third-order valence-electron chi connectivity index (χ3n) is 6.23. The van der Waals surface area contributed by atoms with Gasteiger partial charge in [-0.25, -0.2) is 0 Å². The van der Waals surface area contributed by atoms with Crippen molar-refractivity contribution in [3.05, 3.63) is 35.2 Å². The van der Waals surface area contributed by atoms with Crippen molar-refractivity contribution in [1.29, 1.82) is 0 Å². The highest BCUT2D eigenvalue weighted by atomic mass is 32.2. The third kappa shape index (κ3) is 4.51. The Morgan fingerprint density at radius 2 is 1.79 bits per heavy atom. The zero-order chi connectivity index (χ0) is 20.4. The van der Waals surface area contributed by atoms with Crippen LogP contribution in [-0.4, -0.2) is 68.4 Å². The van der Waals surface area contributed by atoms with Crippen molar-refractivity contribution in [2.75, 3.05) is 31.9 Å². The lowest BCUT2D eigenvalue weighted by Crippen LogP contribution is -2.51. The highest BCUT2D eigenvalue weighted by molar-refractivity contribution is 7.99. The van der Waals surface area contributed by atoms with Crippen LogP contribution in [0.2, 0.25) is 0 Å². The Balaban J connectivity index is 1.37. The normalized spacial score (nSPS) is 18.5. The summed E-state index contributed by atoms with van der Waals surface area (Å²) >= 11 is 1.49. The van der Waals surface area contributed by atoms with Crippen molar-refractivity contribution in [3.63, 3.8) is 0 Å². The zero-order valence-electron chi connectivity index (χ0n) is 17.7. The van der Waals surface area contributed by atoms with Crippen LogP contribution in [0.15, 0.2) is 23.4 Å². The molecule has 1 aromatic carbocycles. The molecule has 2 aliphatic rings. The van der Waals surface area contributed by atoms with Gasteiger partial charge in [0.1, 0.15) is 5.82 Å². The summed E-state index contributed by atoms with van der Waals surface area (Å²) in [5.41, 5.74) is 3.47. The predicted molar refractivity (Wildman–Crippen MR) is 117 cm³/mol. The van der Waals surface area contributed by atoms with Crippen LogP contribution in [0, 0.1) is 20.8 Å². The Hall–Kier alpha value is -1.86. The number of thioether (sulfide) groups is 1. The van der Waals surface area contributed by atoms with Crippen LogP contribution in [0.3, 0.4) is 0 Å². The molecule has 156 valence electrons. The lowest BCUT2D eigenvalue weighted by molar-refractivity contribution is -0.130. The SMILES string of the molecule is Cc1ccc(C)c(-n2c(C)nnc2SCC(=O)N2CCN(C3CCCC3)CC2)c1. The van der Waals surface area contributed by atoms with Crippen molar-refractivity contribution in [1.82, 2.24) is 24.6 Å². The van der Waals surface area contributed by atoms with Crippen molar-refractivity contribution in [2.24, 2.45) is 0 Å². The van der Waals surface area contributed by atoms with Crippen LogP contribution in [0.5, 0.6) is 0 Å². The molecule has 1 amide bonds. The number of aromatic nitrogens is 3. The van der Waals surface area contributed by atoms with E-state index in [1.807, 2.05) is 11.8 Å². The second-order valence-corrected chi connectivity index (χ2v) is 9.24. The molecule has 0 radical (unpaired) electrons. The molecular weight excluding hydrogens is 382 g/mol. The molecule has 7 heteroatoms. The smallest absolute Gasteiger partial charge is 0.233 e. The van der Waals surface area contributed by atoms with Gasteiger partial charge in [0.15, 0.2) is 5.16 Å². The number of carbonyl (C=O) groups excluding carboxylic acids is 1. The van der Waals surface area contributed by atoms with Gasteiger partial charge in [-0.15, -0.1) is 10.2 Å². The molecule has 29 heavy (non-hydrogen) atoms. The summed E-state index contributed by atoms with van der Waals surface area (Å²) in [5.74, 6) is 1.46. The summed E-state index contributed by atoms with van der Waals surface area (Å²) in [5, 5.41) is 9.40. The third-order valence-corrected chi connectivity index (χ3v) is 7.15. The van der Waals surface area contributed by atoms with Gasteiger partial charge in [-0.2, -0.15) is 0 Å². The topological polar surface area (TPSA) is 54.3 Å². The summed E-state index contributed by atoms with van der Waals surface area (Å²) in [6, 6.07) is 7.13. The number of carbonyl (C=O) groups is 1. The van der Waals surface area contributed by atoms with E-state index in [-0.39, 0.29) is 5.91 Å². The second-order valence-electron chi connectivity index (χ2n) is 8.30. The van der Waals surface area contributed by atoms with Gasteiger partial charge < -0.3 is 4.90 Å². The average molecular weight is 414 g/mol. The predicted octanol–water partition coefficient (Wildman–Crippen LogP) is 3.37. The van der Waals surface area contributed by atoms with Crippen LogP contribution in [0.4, 0.5) is 0 Å². The maximum absolute atomic E-state index is 12.8. The summed E-state index contributed by atoms with van der Waals surface area (Å²) in [4.78, 5) is 17.4. The van der Waals surface area contributed by atoms with Gasteiger partial charge in [-0.05, 0) is 50.8 Å². The lowest BCUT2D eigenvalue weighted by atomic mass is 10.1. The summed E-state index contributed by atoms with van der Waals surface area (Å²) < 4.78 is 2.07. The first-order chi connectivity index (χ1) is 14.0. The van der Waals surface area contributed by atoms with E-state index in [9.17, 15) is 4.79 Å². The second kappa shape index (κ2) is 8.88. The minimum Gasteiger partial charge on any atom is -0.339 e. The molecule has 2 fully saturated rings. The number of nitrogens with zero attached hydrogens (tertiary/aromatic N) is 5. The van der Waals surface area contributed by atoms with E-state index in [1.165, 1.54) is 48.6 Å². The molecule has 0 unspecified atom stereocenters. The van der Waals surface area contributed by atoms with Crippen LogP contribution < -0.4 is 0 Å². The number of rotatable bonds is 5. The number of hydrogen-bond donors (Lipinski definition) is 0. The number of amides is 1. The first-order valence-corrected chi connectivity index (χ1v) is 11.7. The Bertz CT molecular complexity index is 866. The van der Waals surface area contributed by atoms with Gasteiger partial charge in [0.2, 0.25) is 5.91 Å². The number of aryl methyl sites for hydroxylation is 3. The molecule has 1 aliphatic heterocycles. The average Bonchev–Trinajstić information content (AvgIpc) is 3.38. The van der Waals surface area contributed by atoms with Gasteiger partial charge in [-0.3, -0.25) is 14.3 Å². The fraction of sp³-hybridized carbons (Fsp3) is 0.591. The van der Waals surface area contributed by atoms with Gasteiger partial charge in [0.05, 0.1) is 11.4 Å². The Labute approximate surface area is 177 Å². The van der Waals surface area contributed by atoms with Crippen LogP contribution in [0.25, 0.3) is 5.69 Å². The Morgan fingerprint density at radius 3 is 2.52 bits per heavy atom. The zero-order valence-corrected chi connectivity index (χ0v) is 18.5. The Kier molecular flexibility index (Phi) is 6.25. The number of hydrogen-bond acceptors (Lipinski definition) is 5. The molecule has 2 aromatic rings. The fourth-order valence-corrected chi connectivity index (χ4v) is 5.39. The molecule has 1 saturated carbocycles. The quantitative estimate of drug-likeness (QED) is 0.704. The van der Waals surface area contributed by atoms with E-state index >= 15 is 0 Å². The van der Waals surface area contributed by atoms with E-state index in [0.717, 1.165) is 48.9 Å². The van der Waals surface area contributed by atoms with Gasteiger partial charge in [0.25, 0.3) is 0 Å². The van der Waals surface area contributed by atoms with E-state index in [2.05, 4.69) is 51.7 Å². The standard InChI is InChI=1S/C22H31N5OS/c1-16-8-9-17(2)20(14-16)27-18(3)23-24-22(27)29-15-21(28)26-12-10-25(11-13-26)19-6-4-5-7-19/h8-9,14,19H,4-7,10-13,15H2,1-3H3. The summed E-state index contributed by atoms with van der Waals surface area (Å²) in [6.07, 6.45) is 5.39. The van der Waals surface area contributed by atoms with Gasteiger partial charge >= 0.3 is 0 Å². The number of piperazine rings is 1. The van der Waals surface area contributed by atoms with Crippen molar-refractivity contribution in [3.8, 4) is 5.69 Å². The molecule has 1 aliphatic carbocycles. The summed E-state index contributed by atoms with van der Waals surface area (Å²) in [6.45, 7) is 9.86. The van der Waals surface area contributed by atoms with Crippen molar-refractivity contribution < 1.29 is 4.79 Å². The van der Waals surface area contributed by atoms with E-state index in [0.29, 0.717) is 5.75 Å². The van der Waals surface area contributed by atoms with Gasteiger partial charge in [0, 0.05) is 32.2 Å². The molecule has 1 saturated heterocycles. The summed E-state index contributed by atoms with van der Waals surface area (Å²) in [7, 11) is 0. The minimum absolute atomic E-state index is 0.203. The van der Waals surface area contributed by atoms with Crippen LogP contribution in [0.1, 0.15) is 42.6 Å². The molecule has 4 rings (SSSR count). The van der Waals surface area contributed by atoms with Crippen molar-refractivity contribution in [2.45, 2.75) is 57.7 Å². The molecule has 1 aromatic heterocycles. The highest BCUT2D eigenvalue weighted by Gasteiger charge is 2.28. The molecule has 0 N–H and O–H groups in total. The first kappa shape index (κ1) is 20.4. The highest BCUT2D eigenvalue weighted by Crippen LogP contribution is 2.26. The first-order valence-electron chi connectivity index (χ1n) is 10.7. The monoisotopic (exact) mass is 413 g/mol. The lowest BCUT2D eigenvalue weighted by Gasteiger charge is -2.38. The van der Waals surface area contributed by atoms with Crippen molar-refractivity contribution >= 4 is 17.7 Å². The molecule has 6 nitrogen and oxygen atoms in total. The van der Waals surface area contributed by atoms with E-state index in [4.69, 9.17) is 0 Å². The molecule has 0 bridgehead atoms. The Morgan fingerprint density at radius 1 is 1.07 bits per heavy atom. The number of benzene rings is 1. The van der Waals surface area contributed by atoms with Gasteiger partial charge in [-0.1, -0.05) is 36.7 Å². The molecular formula is C22H31N5OS. The maximum Gasteiger partial charge on any atom is 0.233 e. The van der Waals surface area contributed by atoms with Crippen LogP contribution in [-0.2, 0) is 4.79 Å². The van der Waals surface area contributed by atoms with Crippen LogP contribution >= 0.6 is 11.8 Å². The van der Waals surface area contributed by atoms with E-state index < -0.39 is 0 Å². The largest absolute Gasteiger partial charge is 0.339 e. The molecule has 2 heterocycles. The minimum atomic E-state index is 0.203. The van der Waals surface area contributed by atoms with E-state index in [1.54, 1.807) is 0 Å². The molecule has 0 atom stereocenters.